The second kappa shape index (κ2) is 6.23. The molecule has 0 unspecified atom stereocenters. The highest BCUT2D eigenvalue weighted by Crippen LogP contribution is 2.36. The number of ether oxygens (including phenoxy) is 1. The van der Waals surface area contributed by atoms with E-state index in [4.69, 9.17) is 4.74 Å². The zero-order valence-corrected chi connectivity index (χ0v) is 15.4. The predicted octanol–water partition coefficient (Wildman–Crippen LogP) is 1.95. The molecule has 0 atom stereocenters. The van der Waals surface area contributed by atoms with Gasteiger partial charge in [0, 0.05) is 0 Å². The number of rotatable bonds is 4. The van der Waals surface area contributed by atoms with E-state index in [0.29, 0.717) is 17.0 Å². The Balaban J connectivity index is 1.99. The van der Waals surface area contributed by atoms with Crippen LogP contribution >= 0.6 is 0 Å². The van der Waals surface area contributed by atoms with Crippen molar-refractivity contribution in [3.63, 3.8) is 0 Å². The lowest BCUT2D eigenvalue weighted by atomic mass is 10.2. The van der Waals surface area contributed by atoms with Gasteiger partial charge in [-0.05, 0) is 36.8 Å². The third kappa shape index (κ3) is 3.57. The Hall–Kier alpha value is -2.26. The molecule has 0 saturated carbocycles. The fraction of sp³-hybridized carbons (Fsp3) is 0.250. The maximum Gasteiger partial charge on any atom is 0.262 e. The van der Waals surface area contributed by atoms with E-state index in [0.717, 1.165) is 6.26 Å². The van der Waals surface area contributed by atoms with Crippen LogP contribution in [0.5, 0.6) is 5.75 Å². The van der Waals surface area contributed by atoms with Gasteiger partial charge in [0.2, 0.25) is 10.0 Å². The minimum atomic E-state index is -3.78. The number of hydrogen-bond donors (Lipinski definition) is 1. The van der Waals surface area contributed by atoms with Gasteiger partial charge in [-0.1, -0.05) is 18.2 Å². The van der Waals surface area contributed by atoms with Crippen molar-refractivity contribution in [2.24, 2.45) is 0 Å². The number of fused-ring (bicyclic) bond motifs is 1. The first-order valence-corrected chi connectivity index (χ1v) is 10.8. The van der Waals surface area contributed by atoms with Crippen LogP contribution in [-0.2, 0) is 20.0 Å². The van der Waals surface area contributed by atoms with Crippen LogP contribution in [-0.4, -0.2) is 36.2 Å². The van der Waals surface area contributed by atoms with Crippen LogP contribution in [0, 0.1) is 6.92 Å². The normalized spacial score (nSPS) is 14.6. The molecule has 2 aromatic carbocycles. The van der Waals surface area contributed by atoms with Gasteiger partial charge in [-0.25, -0.2) is 16.8 Å². The summed E-state index contributed by atoms with van der Waals surface area (Å²) in [5, 5.41) is 0. The summed E-state index contributed by atoms with van der Waals surface area (Å²) < 4.78 is 58.2. The third-order valence-electron chi connectivity index (χ3n) is 3.82. The van der Waals surface area contributed by atoms with E-state index in [-0.39, 0.29) is 23.7 Å². The van der Waals surface area contributed by atoms with Gasteiger partial charge in [0.25, 0.3) is 10.0 Å². The quantitative estimate of drug-likeness (QED) is 0.872. The molecular formula is C16H18N2O5S2. The molecule has 1 heterocycles. The van der Waals surface area contributed by atoms with Crippen LogP contribution in [0.1, 0.15) is 5.56 Å². The summed E-state index contributed by atoms with van der Waals surface area (Å²) in [5.41, 5.74) is 1.20. The molecule has 0 fully saturated rings. The van der Waals surface area contributed by atoms with E-state index in [1.54, 1.807) is 37.3 Å². The lowest BCUT2D eigenvalue weighted by molar-refractivity contribution is 0.316. The summed E-state index contributed by atoms with van der Waals surface area (Å²) in [4.78, 5) is 0.170. The molecule has 0 amide bonds. The van der Waals surface area contributed by atoms with Crippen molar-refractivity contribution in [3.05, 3.63) is 48.0 Å². The predicted molar refractivity (Wildman–Crippen MR) is 96.1 cm³/mol. The highest BCUT2D eigenvalue weighted by Gasteiger charge is 2.26. The number of benzene rings is 2. The molecule has 0 spiro atoms. The molecule has 9 heteroatoms. The van der Waals surface area contributed by atoms with E-state index in [9.17, 15) is 16.8 Å². The average Bonchev–Trinajstić information content (AvgIpc) is 2.53. The van der Waals surface area contributed by atoms with Crippen molar-refractivity contribution < 1.29 is 21.6 Å². The maximum absolute atomic E-state index is 12.6. The van der Waals surface area contributed by atoms with Crippen LogP contribution in [0.15, 0.2) is 47.4 Å². The van der Waals surface area contributed by atoms with E-state index in [2.05, 4.69) is 4.72 Å². The van der Waals surface area contributed by atoms with Gasteiger partial charge >= 0.3 is 0 Å². The number of anilines is 2. The number of aryl methyl sites for hydroxylation is 1. The Morgan fingerprint density at radius 1 is 1.08 bits per heavy atom. The molecule has 134 valence electrons. The molecule has 7 nitrogen and oxygen atoms in total. The Kier molecular flexibility index (Phi) is 4.38. The van der Waals surface area contributed by atoms with Gasteiger partial charge in [0.1, 0.15) is 12.4 Å². The lowest BCUT2D eigenvalue weighted by Gasteiger charge is -2.29. The molecule has 0 aromatic heterocycles. The van der Waals surface area contributed by atoms with Gasteiger partial charge in [-0.2, -0.15) is 0 Å². The molecule has 0 saturated heterocycles. The number of nitrogens with zero attached hydrogens (tertiary/aromatic N) is 1. The molecule has 0 aliphatic carbocycles. The molecule has 1 aliphatic rings. The summed E-state index contributed by atoms with van der Waals surface area (Å²) in [5.74, 6) is 0.399. The summed E-state index contributed by atoms with van der Waals surface area (Å²) in [7, 11) is -7.26. The second-order valence-corrected chi connectivity index (χ2v) is 9.29. The highest BCUT2D eigenvalue weighted by atomic mass is 32.2. The smallest absolute Gasteiger partial charge is 0.262 e. The van der Waals surface area contributed by atoms with Gasteiger partial charge < -0.3 is 4.74 Å². The zero-order valence-electron chi connectivity index (χ0n) is 13.8. The fourth-order valence-electron chi connectivity index (χ4n) is 2.67. The summed E-state index contributed by atoms with van der Waals surface area (Å²) in [6.45, 7) is 2.13. The van der Waals surface area contributed by atoms with Crippen molar-refractivity contribution in [2.45, 2.75) is 11.8 Å². The van der Waals surface area contributed by atoms with Crippen LogP contribution in [0.25, 0.3) is 0 Å². The van der Waals surface area contributed by atoms with Gasteiger partial charge in [0.05, 0.1) is 29.1 Å². The molecule has 2 aromatic rings. The zero-order chi connectivity index (χ0) is 18.2. The Bertz CT molecular complexity index is 1020. The van der Waals surface area contributed by atoms with Crippen molar-refractivity contribution >= 4 is 31.4 Å². The van der Waals surface area contributed by atoms with Crippen molar-refractivity contribution in [1.29, 1.82) is 0 Å². The Morgan fingerprint density at radius 2 is 1.80 bits per heavy atom. The number of hydrogen-bond acceptors (Lipinski definition) is 5. The Labute approximate surface area is 147 Å². The summed E-state index contributed by atoms with van der Waals surface area (Å²) >= 11 is 0. The SMILES string of the molecule is Cc1ccccc1S(=O)(=O)Nc1ccc2c(c1)N(S(C)(=O)=O)CCO2. The van der Waals surface area contributed by atoms with Crippen molar-refractivity contribution in [1.82, 2.24) is 0 Å². The Morgan fingerprint density at radius 3 is 2.48 bits per heavy atom. The highest BCUT2D eigenvalue weighted by molar-refractivity contribution is 7.93. The van der Waals surface area contributed by atoms with Crippen molar-refractivity contribution in [2.75, 3.05) is 28.4 Å². The summed E-state index contributed by atoms with van der Waals surface area (Å²) in [6.07, 6.45) is 1.10. The van der Waals surface area contributed by atoms with E-state index in [1.807, 2.05) is 0 Å². The topological polar surface area (TPSA) is 92.8 Å². The monoisotopic (exact) mass is 382 g/mol. The molecule has 3 rings (SSSR count). The third-order valence-corrected chi connectivity index (χ3v) is 6.54. The first-order valence-electron chi connectivity index (χ1n) is 7.51. The second-order valence-electron chi connectivity index (χ2n) is 5.74. The number of sulfonamides is 2. The summed E-state index contributed by atoms with van der Waals surface area (Å²) in [6, 6.07) is 11.2. The van der Waals surface area contributed by atoms with Crippen LogP contribution < -0.4 is 13.8 Å². The average molecular weight is 382 g/mol. The minimum absolute atomic E-state index is 0.170. The minimum Gasteiger partial charge on any atom is -0.489 e. The fourth-order valence-corrected chi connectivity index (χ4v) is 4.87. The van der Waals surface area contributed by atoms with Crippen LogP contribution in [0.3, 0.4) is 0 Å². The van der Waals surface area contributed by atoms with Crippen molar-refractivity contribution in [3.8, 4) is 5.75 Å². The van der Waals surface area contributed by atoms with Gasteiger partial charge in [-0.3, -0.25) is 9.03 Å². The molecule has 0 bridgehead atoms. The van der Waals surface area contributed by atoms with Crippen LogP contribution in [0.2, 0.25) is 0 Å². The molecule has 1 N–H and O–H groups in total. The standard InChI is InChI=1S/C16H18N2O5S2/c1-12-5-3-4-6-16(12)25(21,22)17-13-7-8-15-14(11-13)18(9-10-23-15)24(2,19)20/h3-8,11,17H,9-10H2,1-2H3. The lowest BCUT2D eigenvalue weighted by Crippen LogP contribution is -2.37. The molecule has 25 heavy (non-hydrogen) atoms. The molecule has 0 radical (unpaired) electrons. The molecule has 1 aliphatic heterocycles. The van der Waals surface area contributed by atoms with E-state index >= 15 is 0 Å². The van der Waals surface area contributed by atoms with Gasteiger partial charge in [-0.15, -0.1) is 0 Å². The molecular weight excluding hydrogens is 364 g/mol. The van der Waals surface area contributed by atoms with Crippen LogP contribution in [0.4, 0.5) is 11.4 Å². The number of nitrogens with one attached hydrogen (secondary N) is 1. The largest absolute Gasteiger partial charge is 0.489 e. The van der Waals surface area contributed by atoms with E-state index < -0.39 is 20.0 Å². The van der Waals surface area contributed by atoms with E-state index in [1.165, 1.54) is 16.4 Å². The first-order chi connectivity index (χ1) is 11.7. The maximum atomic E-state index is 12.6. The van der Waals surface area contributed by atoms with Gasteiger partial charge in [0.15, 0.2) is 0 Å². The first kappa shape index (κ1) is 17.6.